The van der Waals surface area contributed by atoms with Gasteiger partial charge in [-0.05, 0) is 16.7 Å². The molecule has 1 atom stereocenters. The average Bonchev–Trinajstić information content (AvgIpc) is 2.41. The van der Waals surface area contributed by atoms with Crippen molar-refractivity contribution in [1.82, 2.24) is 0 Å². The molecule has 17 heavy (non-hydrogen) atoms. The zero-order valence-electron chi connectivity index (χ0n) is 10.3. The highest BCUT2D eigenvalue weighted by Crippen LogP contribution is 2.22. The van der Waals surface area contributed by atoms with E-state index in [9.17, 15) is 4.79 Å². The number of carbonyl (C=O) groups is 1. The Kier molecular flexibility index (Phi) is 3.55. The molecule has 1 nitrogen and oxygen atoms in total. The van der Waals surface area contributed by atoms with E-state index in [0.29, 0.717) is 5.75 Å². The Morgan fingerprint density at radius 1 is 1.06 bits per heavy atom. The quantitative estimate of drug-likeness (QED) is 0.642. The average molecular weight is 244 g/mol. The Hall–Kier alpha value is -1.54. The second-order valence-electron chi connectivity index (χ2n) is 3.84. The molecule has 0 aliphatic carbocycles. The van der Waals surface area contributed by atoms with Crippen LogP contribution in [0.4, 0.5) is 0 Å². The zero-order valence-corrected chi connectivity index (χ0v) is 10.2. The number of hydrogen-bond acceptors (Lipinski definition) is 2. The van der Waals surface area contributed by atoms with Crippen molar-refractivity contribution < 1.29 is 6.17 Å². The van der Waals surface area contributed by atoms with Crippen molar-refractivity contribution in [3.8, 4) is 11.1 Å². The summed E-state index contributed by atoms with van der Waals surface area (Å²) in [4.78, 5) is 11.1. The number of hydrogen-bond donors (Lipinski definition) is 1. The Balaban J connectivity index is 2.28. The van der Waals surface area contributed by atoms with Gasteiger partial charge in [0.1, 0.15) is 7.63 Å². The van der Waals surface area contributed by atoms with Crippen LogP contribution in [0.5, 0.6) is 0 Å². The molecule has 0 aliphatic rings. The lowest BCUT2D eigenvalue weighted by Gasteiger charge is -2.08. The molecule has 86 valence electrons. The SMILES string of the molecule is [3H]C(=O)C(CS)c1ccc(-c2ccccc2)cc1. The van der Waals surface area contributed by atoms with Crippen LogP contribution < -0.4 is 0 Å². The van der Waals surface area contributed by atoms with Gasteiger partial charge in [0.15, 0.2) is 0 Å². The standard InChI is InChI=1S/C15H14OS/c16-10-15(11-17)14-8-6-13(7-9-14)12-4-2-1-3-5-12/h1-10,15,17H,11H2/i10T. The van der Waals surface area contributed by atoms with E-state index in [2.05, 4.69) is 12.6 Å². The van der Waals surface area contributed by atoms with Crippen molar-refractivity contribution in [3.63, 3.8) is 0 Å². The molecule has 0 bridgehead atoms. The lowest BCUT2D eigenvalue weighted by Crippen LogP contribution is -2.01. The van der Waals surface area contributed by atoms with Crippen LogP contribution in [0.2, 0.25) is 0 Å². The first kappa shape index (κ1) is 10.6. The van der Waals surface area contributed by atoms with Crippen LogP contribution in [0.1, 0.15) is 12.9 Å². The highest BCUT2D eigenvalue weighted by Gasteiger charge is 2.07. The molecule has 2 rings (SSSR count). The van der Waals surface area contributed by atoms with Crippen molar-refractivity contribution in [3.05, 3.63) is 60.2 Å². The molecule has 0 aliphatic heterocycles. The van der Waals surface area contributed by atoms with Crippen LogP contribution in [-0.4, -0.2) is 12.0 Å². The Labute approximate surface area is 108 Å². The normalized spacial score (nSPS) is 12.9. The van der Waals surface area contributed by atoms with Gasteiger partial charge in [-0.1, -0.05) is 54.6 Å². The van der Waals surface area contributed by atoms with Gasteiger partial charge in [0.2, 0.25) is 0 Å². The lowest BCUT2D eigenvalue weighted by molar-refractivity contribution is -0.108. The van der Waals surface area contributed by atoms with Crippen molar-refractivity contribution in [2.75, 3.05) is 5.75 Å². The maximum atomic E-state index is 11.1. The number of aldehydes is 1. The largest absolute Gasteiger partial charge is 0.303 e. The van der Waals surface area contributed by atoms with Gasteiger partial charge in [0.05, 0.1) is 0 Å². The van der Waals surface area contributed by atoms with Crippen LogP contribution in [0.25, 0.3) is 11.1 Å². The van der Waals surface area contributed by atoms with Crippen molar-refractivity contribution in [2.24, 2.45) is 0 Å². The molecule has 2 aromatic rings. The zero-order chi connectivity index (χ0) is 13.0. The van der Waals surface area contributed by atoms with Gasteiger partial charge in [-0.2, -0.15) is 12.6 Å². The fraction of sp³-hybridized carbons (Fsp3) is 0.133. The van der Waals surface area contributed by atoms with Gasteiger partial charge in [-0.3, -0.25) is 0 Å². The molecular weight excluding hydrogens is 228 g/mol. The third-order valence-corrected chi connectivity index (χ3v) is 3.11. The van der Waals surface area contributed by atoms with E-state index in [1.165, 1.54) is 0 Å². The first-order valence-electron chi connectivity index (χ1n) is 5.99. The summed E-state index contributed by atoms with van der Waals surface area (Å²) in [5, 5.41) is 0. The van der Waals surface area contributed by atoms with Gasteiger partial charge < -0.3 is 4.79 Å². The molecule has 0 saturated heterocycles. The topological polar surface area (TPSA) is 17.1 Å². The van der Waals surface area contributed by atoms with Gasteiger partial charge >= 0.3 is 0 Å². The second kappa shape index (κ2) is 5.69. The maximum absolute atomic E-state index is 11.1. The van der Waals surface area contributed by atoms with Gasteiger partial charge in [-0.25, -0.2) is 0 Å². The number of benzene rings is 2. The van der Waals surface area contributed by atoms with Crippen molar-refractivity contribution in [1.29, 1.82) is 0 Å². The Morgan fingerprint density at radius 2 is 1.65 bits per heavy atom. The predicted molar refractivity (Wildman–Crippen MR) is 74.5 cm³/mol. The van der Waals surface area contributed by atoms with Crippen LogP contribution in [0.3, 0.4) is 0 Å². The molecule has 0 N–H and O–H groups in total. The first-order valence-corrected chi connectivity index (χ1v) is 6.12. The lowest BCUT2D eigenvalue weighted by atomic mass is 9.98. The molecule has 0 amide bonds. The minimum atomic E-state index is -0.586. The summed E-state index contributed by atoms with van der Waals surface area (Å²) in [6, 6.07) is 17.8. The monoisotopic (exact) mass is 244 g/mol. The van der Waals surface area contributed by atoms with E-state index >= 15 is 0 Å². The summed E-state index contributed by atoms with van der Waals surface area (Å²) in [5.41, 5.74) is 3.10. The van der Waals surface area contributed by atoms with Gasteiger partial charge in [-0.15, -0.1) is 0 Å². The number of thiol groups is 1. The Bertz CT molecular complexity index is 522. The van der Waals surface area contributed by atoms with Crippen molar-refractivity contribution >= 4 is 18.9 Å². The number of carbonyl (C=O) groups excluding carboxylic acids is 1. The summed E-state index contributed by atoms with van der Waals surface area (Å²) in [7, 11) is 0. The minimum absolute atomic E-state index is 0.368. The van der Waals surface area contributed by atoms with E-state index in [4.69, 9.17) is 1.37 Å². The highest BCUT2D eigenvalue weighted by atomic mass is 32.1. The molecule has 0 radical (unpaired) electrons. The third-order valence-electron chi connectivity index (χ3n) is 2.75. The Morgan fingerprint density at radius 3 is 2.18 bits per heavy atom. The van der Waals surface area contributed by atoms with E-state index in [1.807, 2.05) is 54.6 Å². The molecule has 0 fully saturated rings. The summed E-state index contributed by atoms with van der Waals surface area (Å²) < 4.78 is 7.20. The van der Waals surface area contributed by atoms with Gasteiger partial charge in [0.25, 0.3) is 0 Å². The fourth-order valence-corrected chi connectivity index (χ4v) is 2.03. The minimum Gasteiger partial charge on any atom is -0.303 e. The number of rotatable bonds is 4. The van der Waals surface area contributed by atoms with Crippen LogP contribution in [-0.2, 0) is 4.79 Å². The molecule has 0 aromatic heterocycles. The van der Waals surface area contributed by atoms with Gasteiger partial charge in [0, 0.05) is 11.7 Å². The van der Waals surface area contributed by atoms with E-state index in [1.54, 1.807) is 0 Å². The van der Waals surface area contributed by atoms with E-state index in [0.717, 1.165) is 16.7 Å². The van der Waals surface area contributed by atoms with Crippen LogP contribution in [0, 0.1) is 0 Å². The smallest absolute Gasteiger partial charge is 0.128 e. The van der Waals surface area contributed by atoms with E-state index < -0.39 is 12.2 Å². The van der Waals surface area contributed by atoms with Crippen LogP contribution in [0.15, 0.2) is 54.6 Å². The summed E-state index contributed by atoms with van der Waals surface area (Å²) in [6.07, 6.45) is -0.586. The fourth-order valence-electron chi connectivity index (χ4n) is 1.75. The predicted octanol–water partition coefficient (Wildman–Crippen LogP) is 3.57. The second-order valence-corrected chi connectivity index (χ2v) is 4.21. The van der Waals surface area contributed by atoms with E-state index in [-0.39, 0.29) is 0 Å². The molecule has 0 spiro atoms. The molecular formula is C15H14OS. The summed E-state index contributed by atoms with van der Waals surface area (Å²) in [6.45, 7) is 0. The first-order chi connectivity index (χ1) is 8.72. The third kappa shape index (κ3) is 2.77. The molecule has 0 saturated carbocycles. The summed E-state index contributed by atoms with van der Waals surface area (Å²) >= 11 is 4.12. The summed E-state index contributed by atoms with van der Waals surface area (Å²) in [5.74, 6) is -0.0642. The van der Waals surface area contributed by atoms with Crippen LogP contribution >= 0.6 is 12.6 Å². The molecule has 1 unspecified atom stereocenters. The van der Waals surface area contributed by atoms with Crippen molar-refractivity contribution in [2.45, 2.75) is 5.92 Å². The maximum Gasteiger partial charge on any atom is 0.128 e. The molecule has 0 heterocycles. The molecule has 2 heteroatoms. The highest BCUT2D eigenvalue weighted by molar-refractivity contribution is 7.80. The molecule has 2 aromatic carbocycles.